The maximum atomic E-state index is 12.3. The van der Waals surface area contributed by atoms with Crippen molar-refractivity contribution in [1.82, 2.24) is 19.3 Å². The summed E-state index contributed by atoms with van der Waals surface area (Å²) in [4.78, 5) is 15.8. The number of nitrogens with zero attached hydrogens (tertiary/aromatic N) is 5. The summed E-state index contributed by atoms with van der Waals surface area (Å²) in [5.74, 6) is 1.27. The zero-order valence-electron chi connectivity index (χ0n) is 16.9. The van der Waals surface area contributed by atoms with Crippen LogP contribution in [-0.2, 0) is 10.0 Å². The van der Waals surface area contributed by atoms with Gasteiger partial charge in [-0.05, 0) is 24.3 Å². The molecule has 0 atom stereocenters. The predicted octanol–water partition coefficient (Wildman–Crippen LogP) is 3.50. The minimum absolute atomic E-state index is 0.0492. The highest BCUT2D eigenvalue weighted by molar-refractivity contribution is 7.89. The number of hydrogen-bond acceptors (Lipinski definition) is 6. The Morgan fingerprint density at radius 3 is 2.42 bits per heavy atom. The lowest BCUT2D eigenvalue weighted by molar-refractivity contribution is 0.385. The van der Waals surface area contributed by atoms with Gasteiger partial charge in [0.05, 0.1) is 11.4 Å². The van der Waals surface area contributed by atoms with Crippen molar-refractivity contribution in [3.8, 4) is 22.6 Å². The van der Waals surface area contributed by atoms with Gasteiger partial charge >= 0.3 is 0 Å². The molecule has 3 heterocycles. The van der Waals surface area contributed by atoms with Crippen LogP contribution in [0, 0.1) is 0 Å². The molecule has 31 heavy (non-hydrogen) atoms. The molecule has 0 unspecified atom stereocenters. The minimum atomic E-state index is -3.31. The maximum absolute atomic E-state index is 12.3. The monoisotopic (exact) mass is 455 g/mol. The largest absolute Gasteiger partial charge is 0.354 e. The van der Waals surface area contributed by atoms with Crippen LogP contribution in [0.25, 0.3) is 22.6 Å². The Hall–Kier alpha value is -2.81. The van der Waals surface area contributed by atoms with Gasteiger partial charge in [-0.3, -0.25) is 4.98 Å². The van der Waals surface area contributed by atoms with E-state index in [0.29, 0.717) is 37.0 Å². The molecule has 0 amide bonds. The van der Waals surface area contributed by atoms with E-state index < -0.39 is 10.0 Å². The lowest BCUT2D eigenvalue weighted by Gasteiger charge is -2.34. The first-order valence-electron chi connectivity index (χ1n) is 9.85. The third-order valence-electron chi connectivity index (χ3n) is 5.06. The molecule has 0 bridgehead atoms. The number of hydrogen-bond donors (Lipinski definition) is 0. The molecule has 0 aliphatic carbocycles. The molecule has 1 aliphatic rings. The SMILES string of the molecule is C=CCS(=O)(=O)N1CCN(c2cc(-c3ccc(Cl)cc3)nc(-c3cccnc3)n2)CC1. The highest BCUT2D eigenvalue weighted by Gasteiger charge is 2.27. The van der Waals surface area contributed by atoms with E-state index in [1.54, 1.807) is 12.4 Å². The third-order valence-corrected chi connectivity index (χ3v) is 7.12. The van der Waals surface area contributed by atoms with Crippen LogP contribution in [-0.4, -0.2) is 59.6 Å². The van der Waals surface area contributed by atoms with Crippen LogP contribution in [0.1, 0.15) is 0 Å². The molecule has 1 aliphatic heterocycles. The Kier molecular flexibility index (Phi) is 6.31. The van der Waals surface area contributed by atoms with Crippen LogP contribution in [0.3, 0.4) is 0 Å². The standard InChI is InChI=1S/C22H22ClN5O2S/c1-2-14-31(29,30)28-12-10-27(11-13-28)21-15-20(17-5-7-19(23)8-6-17)25-22(26-21)18-4-3-9-24-16-18/h2-9,15-16H,1,10-14H2. The van der Waals surface area contributed by atoms with E-state index in [-0.39, 0.29) is 5.75 Å². The summed E-state index contributed by atoms with van der Waals surface area (Å²) in [5, 5.41) is 0.655. The number of sulfonamides is 1. The van der Waals surface area contributed by atoms with Crippen molar-refractivity contribution in [2.24, 2.45) is 0 Å². The number of rotatable bonds is 6. The molecular formula is C22H22ClN5O2S. The molecular weight excluding hydrogens is 434 g/mol. The lowest BCUT2D eigenvalue weighted by atomic mass is 10.1. The van der Waals surface area contributed by atoms with Gasteiger partial charge in [0, 0.05) is 60.8 Å². The van der Waals surface area contributed by atoms with Crippen LogP contribution in [0.2, 0.25) is 5.02 Å². The summed E-state index contributed by atoms with van der Waals surface area (Å²) in [7, 11) is -3.31. The molecule has 1 fully saturated rings. The van der Waals surface area contributed by atoms with Gasteiger partial charge in [-0.2, -0.15) is 4.31 Å². The number of pyridine rings is 1. The molecule has 1 saturated heterocycles. The van der Waals surface area contributed by atoms with Crippen molar-refractivity contribution in [3.63, 3.8) is 0 Å². The summed E-state index contributed by atoms with van der Waals surface area (Å²) in [6, 6.07) is 13.2. The first-order chi connectivity index (χ1) is 15.0. The lowest BCUT2D eigenvalue weighted by Crippen LogP contribution is -2.49. The van der Waals surface area contributed by atoms with Gasteiger partial charge in [-0.1, -0.05) is 29.8 Å². The topological polar surface area (TPSA) is 79.3 Å². The number of piperazine rings is 1. The van der Waals surface area contributed by atoms with E-state index in [9.17, 15) is 8.42 Å². The van der Waals surface area contributed by atoms with Gasteiger partial charge in [-0.25, -0.2) is 18.4 Å². The average Bonchev–Trinajstić information content (AvgIpc) is 2.80. The fraction of sp³-hybridized carbons (Fsp3) is 0.227. The van der Waals surface area contributed by atoms with Gasteiger partial charge in [0.25, 0.3) is 0 Å². The van der Waals surface area contributed by atoms with E-state index in [0.717, 1.165) is 22.6 Å². The minimum Gasteiger partial charge on any atom is -0.354 e. The highest BCUT2D eigenvalue weighted by atomic mass is 35.5. The Labute approximate surface area is 187 Å². The fourth-order valence-electron chi connectivity index (χ4n) is 3.44. The van der Waals surface area contributed by atoms with Gasteiger partial charge in [0.15, 0.2) is 5.82 Å². The van der Waals surface area contributed by atoms with E-state index in [4.69, 9.17) is 21.6 Å². The average molecular weight is 456 g/mol. The second-order valence-corrected chi connectivity index (χ2v) is 9.59. The predicted molar refractivity (Wildman–Crippen MR) is 123 cm³/mol. The van der Waals surface area contributed by atoms with Crippen LogP contribution in [0.5, 0.6) is 0 Å². The molecule has 0 spiro atoms. The molecule has 7 nitrogen and oxygen atoms in total. The number of aromatic nitrogens is 3. The number of anilines is 1. The zero-order valence-corrected chi connectivity index (χ0v) is 18.4. The Morgan fingerprint density at radius 1 is 1.03 bits per heavy atom. The van der Waals surface area contributed by atoms with Gasteiger partial charge in [0.1, 0.15) is 5.82 Å². The number of halogens is 1. The summed E-state index contributed by atoms with van der Waals surface area (Å²) in [5.41, 5.74) is 2.50. The zero-order chi connectivity index (χ0) is 21.8. The Bertz CT molecular complexity index is 1160. The summed E-state index contributed by atoms with van der Waals surface area (Å²) < 4.78 is 26.2. The van der Waals surface area contributed by atoms with Crippen molar-refractivity contribution < 1.29 is 8.42 Å². The first-order valence-corrected chi connectivity index (χ1v) is 11.8. The van der Waals surface area contributed by atoms with Crippen LogP contribution in [0.15, 0.2) is 67.5 Å². The van der Waals surface area contributed by atoms with E-state index >= 15 is 0 Å². The van der Waals surface area contributed by atoms with Crippen LogP contribution in [0.4, 0.5) is 5.82 Å². The Balaban J connectivity index is 1.67. The fourth-order valence-corrected chi connectivity index (χ4v) is 4.79. The molecule has 9 heteroatoms. The molecule has 0 radical (unpaired) electrons. The van der Waals surface area contributed by atoms with Crippen molar-refractivity contribution in [1.29, 1.82) is 0 Å². The number of benzene rings is 1. The summed E-state index contributed by atoms with van der Waals surface area (Å²) in [6.07, 6.45) is 4.85. The first kappa shape index (κ1) is 21.4. The molecule has 4 rings (SSSR count). The molecule has 0 N–H and O–H groups in total. The molecule has 1 aromatic carbocycles. The summed E-state index contributed by atoms with van der Waals surface area (Å²) >= 11 is 6.04. The quantitative estimate of drug-likeness (QED) is 0.529. The van der Waals surface area contributed by atoms with E-state index in [2.05, 4.69) is 16.5 Å². The molecule has 160 valence electrons. The molecule has 3 aromatic rings. The summed E-state index contributed by atoms with van der Waals surface area (Å²) in [6.45, 7) is 5.43. The van der Waals surface area contributed by atoms with Crippen molar-refractivity contribution in [3.05, 3.63) is 72.5 Å². The highest BCUT2D eigenvalue weighted by Crippen LogP contribution is 2.27. The third kappa shape index (κ3) is 4.92. The van der Waals surface area contributed by atoms with Crippen molar-refractivity contribution in [2.75, 3.05) is 36.8 Å². The molecule has 0 saturated carbocycles. The van der Waals surface area contributed by atoms with Gasteiger partial charge < -0.3 is 4.90 Å². The second kappa shape index (κ2) is 9.13. The maximum Gasteiger partial charge on any atom is 0.217 e. The smallest absolute Gasteiger partial charge is 0.217 e. The van der Waals surface area contributed by atoms with E-state index in [1.165, 1.54) is 10.4 Å². The van der Waals surface area contributed by atoms with E-state index in [1.807, 2.05) is 42.5 Å². The van der Waals surface area contributed by atoms with Gasteiger partial charge in [0.2, 0.25) is 10.0 Å². The van der Waals surface area contributed by atoms with Crippen LogP contribution >= 0.6 is 11.6 Å². The normalized spacial score (nSPS) is 15.1. The Morgan fingerprint density at radius 2 is 1.77 bits per heavy atom. The van der Waals surface area contributed by atoms with Crippen molar-refractivity contribution >= 4 is 27.4 Å². The van der Waals surface area contributed by atoms with Gasteiger partial charge in [-0.15, -0.1) is 6.58 Å². The van der Waals surface area contributed by atoms with Crippen LogP contribution < -0.4 is 4.90 Å². The second-order valence-electron chi connectivity index (χ2n) is 7.14. The molecule has 2 aromatic heterocycles. The van der Waals surface area contributed by atoms with Crippen molar-refractivity contribution in [2.45, 2.75) is 0 Å².